The molecule has 0 radical (unpaired) electrons. The van der Waals surface area contributed by atoms with E-state index in [1.807, 2.05) is 0 Å². The second-order valence-corrected chi connectivity index (χ2v) is 5.65. The van der Waals surface area contributed by atoms with E-state index in [1.165, 1.54) is 17.7 Å². The van der Waals surface area contributed by atoms with E-state index in [1.54, 1.807) is 7.05 Å². The zero-order valence-electron chi connectivity index (χ0n) is 10.2. The lowest BCUT2D eigenvalue weighted by Gasteiger charge is -2.29. The SMILES string of the molecule is CN1C(=O)CC(NC2CCCC2(C)C)C1=O. The molecular formula is C12H20N2O2. The summed E-state index contributed by atoms with van der Waals surface area (Å²) >= 11 is 0. The van der Waals surface area contributed by atoms with Gasteiger partial charge in [-0.3, -0.25) is 14.5 Å². The van der Waals surface area contributed by atoms with Gasteiger partial charge in [-0.15, -0.1) is 0 Å². The van der Waals surface area contributed by atoms with Gasteiger partial charge in [0.25, 0.3) is 0 Å². The van der Waals surface area contributed by atoms with E-state index < -0.39 is 0 Å². The van der Waals surface area contributed by atoms with Crippen LogP contribution in [0.4, 0.5) is 0 Å². The second kappa shape index (κ2) is 3.84. The molecular weight excluding hydrogens is 204 g/mol. The summed E-state index contributed by atoms with van der Waals surface area (Å²) in [6, 6.07) is 0.0700. The highest BCUT2D eigenvalue weighted by Crippen LogP contribution is 2.37. The molecule has 0 aromatic carbocycles. The lowest BCUT2D eigenvalue weighted by molar-refractivity contribution is -0.137. The van der Waals surface area contributed by atoms with Crippen LogP contribution in [-0.2, 0) is 9.59 Å². The molecule has 2 amide bonds. The molecule has 1 aliphatic carbocycles. The van der Waals surface area contributed by atoms with Gasteiger partial charge in [-0.1, -0.05) is 20.3 Å². The molecule has 90 valence electrons. The van der Waals surface area contributed by atoms with Crippen LogP contribution in [0, 0.1) is 5.41 Å². The molecule has 1 heterocycles. The van der Waals surface area contributed by atoms with E-state index in [4.69, 9.17) is 0 Å². The third-order valence-electron chi connectivity index (χ3n) is 4.04. The molecule has 1 saturated carbocycles. The molecule has 16 heavy (non-hydrogen) atoms. The molecule has 2 rings (SSSR count). The summed E-state index contributed by atoms with van der Waals surface area (Å²) in [4.78, 5) is 24.4. The van der Waals surface area contributed by atoms with Crippen molar-refractivity contribution >= 4 is 11.8 Å². The minimum absolute atomic E-state index is 0.0710. The Labute approximate surface area is 96.4 Å². The Kier molecular flexibility index (Phi) is 2.78. The van der Waals surface area contributed by atoms with Crippen molar-refractivity contribution in [1.29, 1.82) is 0 Å². The first-order valence-corrected chi connectivity index (χ1v) is 5.98. The molecule has 1 saturated heterocycles. The van der Waals surface area contributed by atoms with Crippen LogP contribution in [0.1, 0.15) is 39.5 Å². The number of nitrogens with zero attached hydrogens (tertiary/aromatic N) is 1. The molecule has 0 spiro atoms. The molecule has 4 heteroatoms. The van der Waals surface area contributed by atoms with Crippen molar-refractivity contribution in [2.75, 3.05) is 7.05 Å². The number of hydrogen-bond acceptors (Lipinski definition) is 3. The molecule has 1 N–H and O–H groups in total. The third-order valence-corrected chi connectivity index (χ3v) is 4.04. The van der Waals surface area contributed by atoms with Crippen molar-refractivity contribution in [3.63, 3.8) is 0 Å². The number of amides is 2. The van der Waals surface area contributed by atoms with Gasteiger partial charge in [0.2, 0.25) is 11.8 Å². The van der Waals surface area contributed by atoms with Crippen molar-refractivity contribution in [3.8, 4) is 0 Å². The smallest absolute Gasteiger partial charge is 0.246 e. The maximum Gasteiger partial charge on any atom is 0.246 e. The average Bonchev–Trinajstić information content (AvgIpc) is 2.64. The average molecular weight is 224 g/mol. The van der Waals surface area contributed by atoms with Crippen LogP contribution < -0.4 is 5.32 Å². The maximum absolute atomic E-state index is 11.8. The first kappa shape index (κ1) is 11.6. The van der Waals surface area contributed by atoms with Crippen molar-refractivity contribution in [2.24, 2.45) is 5.41 Å². The summed E-state index contributed by atoms with van der Waals surface area (Å²) in [5, 5.41) is 3.37. The molecule has 2 unspecified atom stereocenters. The summed E-state index contributed by atoms with van der Waals surface area (Å²) in [7, 11) is 1.56. The molecule has 0 bridgehead atoms. The van der Waals surface area contributed by atoms with Gasteiger partial charge in [0, 0.05) is 13.1 Å². The van der Waals surface area contributed by atoms with Crippen LogP contribution in [0.5, 0.6) is 0 Å². The first-order chi connectivity index (χ1) is 7.42. The number of rotatable bonds is 2. The minimum Gasteiger partial charge on any atom is -0.302 e. The summed E-state index contributed by atoms with van der Waals surface area (Å²) in [6.07, 6.45) is 3.82. The minimum atomic E-state index is -0.292. The molecule has 0 aromatic heterocycles. The van der Waals surface area contributed by atoms with E-state index in [-0.39, 0.29) is 23.3 Å². The number of nitrogens with one attached hydrogen (secondary N) is 1. The van der Waals surface area contributed by atoms with Crippen LogP contribution >= 0.6 is 0 Å². The Bertz CT molecular complexity index is 325. The van der Waals surface area contributed by atoms with Crippen molar-refractivity contribution in [3.05, 3.63) is 0 Å². The van der Waals surface area contributed by atoms with Crippen molar-refractivity contribution < 1.29 is 9.59 Å². The summed E-state index contributed by atoms with van der Waals surface area (Å²) in [6.45, 7) is 4.45. The Morgan fingerprint density at radius 1 is 1.38 bits per heavy atom. The first-order valence-electron chi connectivity index (χ1n) is 5.98. The summed E-state index contributed by atoms with van der Waals surface area (Å²) in [5.74, 6) is -0.147. The van der Waals surface area contributed by atoms with Gasteiger partial charge in [-0.05, 0) is 18.3 Å². The third kappa shape index (κ3) is 1.86. The zero-order chi connectivity index (χ0) is 11.9. The van der Waals surface area contributed by atoms with Gasteiger partial charge in [-0.25, -0.2) is 0 Å². The summed E-state index contributed by atoms with van der Waals surface area (Å²) in [5.41, 5.74) is 0.241. The Balaban J connectivity index is 2.01. The number of carbonyl (C=O) groups excluding carboxylic acids is 2. The van der Waals surface area contributed by atoms with Crippen LogP contribution in [0.2, 0.25) is 0 Å². The van der Waals surface area contributed by atoms with Crippen molar-refractivity contribution in [2.45, 2.75) is 51.6 Å². The van der Waals surface area contributed by atoms with E-state index in [9.17, 15) is 9.59 Å². The fraction of sp³-hybridized carbons (Fsp3) is 0.833. The predicted octanol–water partition coefficient (Wildman–Crippen LogP) is 0.912. The molecule has 1 aliphatic heterocycles. The molecule has 2 fully saturated rings. The zero-order valence-corrected chi connectivity index (χ0v) is 10.2. The van der Waals surface area contributed by atoms with Crippen LogP contribution in [0.3, 0.4) is 0 Å². The Morgan fingerprint density at radius 2 is 2.06 bits per heavy atom. The number of likely N-dealkylation sites (N-methyl/N-ethyl adjacent to an activating group) is 1. The quantitative estimate of drug-likeness (QED) is 0.709. The lowest BCUT2D eigenvalue weighted by atomic mass is 9.87. The fourth-order valence-corrected chi connectivity index (χ4v) is 2.76. The normalized spacial score (nSPS) is 33.8. The highest BCUT2D eigenvalue weighted by molar-refractivity contribution is 6.05. The van der Waals surface area contributed by atoms with Gasteiger partial charge >= 0.3 is 0 Å². The number of hydrogen-bond donors (Lipinski definition) is 1. The predicted molar refractivity (Wildman–Crippen MR) is 60.7 cm³/mol. The van der Waals surface area contributed by atoms with Gasteiger partial charge in [0.15, 0.2) is 0 Å². The number of carbonyl (C=O) groups is 2. The summed E-state index contributed by atoms with van der Waals surface area (Å²) < 4.78 is 0. The molecule has 0 aromatic rings. The van der Waals surface area contributed by atoms with E-state index >= 15 is 0 Å². The Hall–Kier alpha value is -0.900. The van der Waals surface area contributed by atoms with E-state index in [0.717, 1.165) is 6.42 Å². The highest BCUT2D eigenvalue weighted by Gasteiger charge is 2.41. The molecule has 2 atom stereocenters. The standard InChI is InChI=1S/C12H20N2O2/c1-12(2)6-4-5-9(12)13-8-7-10(15)14(3)11(8)16/h8-9,13H,4-7H2,1-3H3. The van der Waals surface area contributed by atoms with Crippen LogP contribution in [0.25, 0.3) is 0 Å². The van der Waals surface area contributed by atoms with E-state index in [0.29, 0.717) is 12.5 Å². The van der Waals surface area contributed by atoms with Gasteiger partial charge in [0.05, 0.1) is 12.5 Å². The number of imide groups is 1. The van der Waals surface area contributed by atoms with Gasteiger partial charge in [-0.2, -0.15) is 0 Å². The topological polar surface area (TPSA) is 49.4 Å². The molecule has 4 nitrogen and oxygen atoms in total. The largest absolute Gasteiger partial charge is 0.302 e. The highest BCUT2D eigenvalue weighted by atomic mass is 16.2. The van der Waals surface area contributed by atoms with Crippen LogP contribution in [0.15, 0.2) is 0 Å². The Morgan fingerprint density at radius 3 is 2.50 bits per heavy atom. The van der Waals surface area contributed by atoms with Crippen LogP contribution in [-0.4, -0.2) is 35.8 Å². The lowest BCUT2D eigenvalue weighted by Crippen LogP contribution is -2.47. The maximum atomic E-state index is 11.8. The molecule has 2 aliphatic rings. The van der Waals surface area contributed by atoms with Gasteiger partial charge in [0.1, 0.15) is 0 Å². The monoisotopic (exact) mass is 224 g/mol. The number of likely N-dealkylation sites (tertiary alicyclic amines) is 1. The van der Waals surface area contributed by atoms with Crippen molar-refractivity contribution in [1.82, 2.24) is 10.2 Å². The second-order valence-electron chi connectivity index (χ2n) is 5.65. The fourth-order valence-electron chi connectivity index (χ4n) is 2.76. The van der Waals surface area contributed by atoms with Gasteiger partial charge < -0.3 is 5.32 Å². The van der Waals surface area contributed by atoms with E-state index in [2.05, 4.69) is 19.2 Å².